The number of hydrogen-bond donors (Lipinski definition) is 2. The van der Waals surface area contributed by atoms with Crippen molar-refractivity contribution in [1.82, 2.24) is 10.3 Å². The fourth-order valence-electron chi connectivity index (χ4n) is 4.86. The van der Waals surface area contributed by atoms with Crippen molar-refractivity contribution in [2.75, 3.05) is 32.1 Å². The molecule has 0 spiro atoms. The van der Waals surface area contributed by atoms with E-state index in [1.165, 1.54) is 6.20 Å². The molecule has 184 valence electrons. The number of aliphatic imine (C=N–C) groups is 2. The van der Waals surface area contributed by atoms with Crippen LogP contribution >= 0.6 is 11.6 Å². The summed E-state index contributed by atoms with van der Waals surface area (Å²) in [7, 11) is 1.73. The van der Waals surface area contributed by atoms with Crippen LogP contribution in [0.2, 0.25) is 0 Å². The lowest BCUT2D eigenvalue weighted by Gasteiger charge is -2.32. The summed E-state index contributed by atoms with van der Waals surface area (Å²) in [6.45, 7) is 3.70. The molecule has 0 bridgehead atoms. The van der Waals surface area contributed by atoms with Gasteiger partial charge in [0.25, 0.3) is 0 Å². The predicted molar refractivity (Wildman–Crippen MR) is 133 cm³/mol. The predicted octanol–water partition coefficient (Wildman–Crippen LogP) is 4.44. The number of methoxy groups -OCH3 is 1. The summed E-state index contributed by atoms with van der Waals surface area (Å²) in [5, 5.41) is 16.8. The van der Waals surface area contributed by atoms with Gasteiger partial charge in [0.2, 0.25) is 0 Å². The smallest absolute Gasteiger partial charge is 0.145 e. The molecule has 1 aromatic heterocycles. The van der Waals surface area contributed by atoms with Crippen LogP contribution in [0.1, 0.15) is 63.4 Å². The van der Waals surface area contributed by atoms with Crippen LogP contribution < -0.4 is 10.6 Å². The first-order valence-electron chi connectivity index (χ1n) is 12.2. The van der Waals surface area contributed by atoms with Crippen molar-refractivity contribution in [3.63, 3.8) is 0 Å². The first-order chi connectivity index (χ1) is 16.4. The van der Waals surface area contributed by atoms with Gasteiger partial charge in [-0.05, 0) is 57.1 Å². The van der Waals surface area contributed by atoms with E-state index in [9.17, 15) is 9.65 Å². The molecule has 1 aromatic rings. The van der Waals surface area contributed by atoms with Gasteiger partial charge in [-0.2, -0.15) is 5.26 Å². The molecule has 2 saturated carbocycles. The molecule has 0 amide bonds. The van der Waals surface area contributed by atoms with Crippen molar-refractivity contribution in [1.29, 1.82) is 5.26 Å². The van der Waals surface area contributed by atoms with Gasteiger partial charge in [-0.15, -0.1) is 0 Å². The van der Waals surface area contributed by atoms with Crippen LogP contribution in [0.3, 0.4) is 0 Å². The number of pyridine rings is 1. The van der Waals surface area contributed by atoms with Crippen molar-refractivity contribution in [3.8, 4) is 6.07 Å². The summed E-state index contributed by atoms with van der Waals surface area (Å²) in [4.78, 5) is 13.3. The Labute approximate surface area is 206 Å². The van der Waals surface area contributed by atoms with Crippen LogP contribution in [0.25, 0.3) is 0 Å². The van der Waals surface area contributed by atoms with E-state index < -0.39 is 0 Å². The molecule has 2 aliphatic carbocycles. The number of aromatic nitrogens is 1. The molecule has 2 unspecified atom stereocenters. The van der Waals surface area contributed by atoms with Crippen LogP contribution in [0, 0.1) is 22.6 Å². The Bertz CT molecular complexity index is 965. The number of nitrogens with one attached hydrogen (secondary N) is 2. The molecule has 1 aliphatic heterocycles. The number of halogens is 2. The van der Waals surface area contributed by atoms with Gasteiger partial charge >= 0.3 is 0 Å². The lowest BCUT2D eigenvalue weighted by Crippen LogP contribution is -2.42. The van der Waals surface area contributed by atoms with Crippen LogP contribution in [0.15, 0.2) is 22.2 Å². The lowest BCUT2D eigenvalue weighted by atomic mass is 9.90. The van der Waals surface area contributed by atoms with Gasteiger partial charge in [0.1, 0.15) is 16.8 Å². The monoisotopic (exact) mass is 488 g/mol. The first kappa shape index (κ1) is 25.0. The topological polar surface area (TPSA) is 94.7 Å². The maximum Gasteiger partial charge on any atom is 0.145 e. The number of rotatable bonds is 9. The van der Waals surface area contributed by atoms with Crippen molar-refractivity contribution >= 4 is 28.3 Å². The maximum atomic E-state index is 14.8. The van der Waals surface area contributed by atoms with E-state index in [1.807, 2.05) is 6.07 Å². The first-order valence-corrected chi connectivity index (χ1v) is 12.6. The van der Waals surface area contributed by atoms with Gasteiger partial charge in [0.05, 0.1) is 36.5 Å². The highest BCUT2D eigenvalue weighted by atomic mass is 35.5. The van der Waals surface area contributed by atoms with Gasteiger partial charge in [-0.1, -0.05) is 11.6 Å². The Hall–Kier alpha value is -2.08. The molecule has 9 heteroatoms. The zero-order valence-corrected chi connectivity index (χ0v) is 20.7. The molecule has 7 nitrogen and oxygen atoms in total. The van der Waals surface area contributed by atoms with E-state index in [2.05, 4.69) is 38.6 Å². The Morgan fingerprint density at radius 2 is 2.06 bits per heavy atom. The Morgan fingerprint density at radius 3 is 2.74 bits per heavy atom. The van der Waals surface area contributed by atoms with Gasteiger partial charge in [-0.25, -0.2) is 9.37 Å². The third-order valence-corrected chi connectivity index (χ3v) is 7.47. The van der Waals surface area contributed by atoms with Crippen molar-refractivity contribution < 1.29 is 9.13 Å². The standard InChI is InChI=1S/C25H34ClFN6O/c1-16(13-34-2)32-18-3-5-19(6-4-18)33-23-10-20(21(27)12-29-23)17-9-22(24(26)30-11-17)31-15-25(14-28)7-8-25/h10,12,16-19,32H,3-9,11,13,15H2,1-2H3,(H,29,33). The second-order valence-electron chi connectivity index (χ2n) is 9.99. The SMILES string of the molecule is COCC(C)NC1CCC(Nc2cc(C3CN=C(Cl)C(=NCC4(C#N)CC4)C3)c(F)cn2)CC1. The lowest BCUT2D eigenvalue weighted by molar-refractivity contribution is 0.161. The Kier molecular flexibility index (Phi) is 8.18. The average Bonchev–Trinajstić information content (AvgIpc) is 3.62. The van der Waals surface area contributed by atoms with E-state index in [0.717, 1.165) is 38.5 Å². The molecule has 0 radical (unpaired) electrons. The molecule has 0 saturated heterocycles. The zero-order valence-electron chi connectivity index (χ0n) is 20.0. The molecule has 2 fully saturated rings. The Morgan fingerprint density at radius 1 is 1.32 bits per heavy atom. The normalized spacial score (nSPS) is 28.1. The summed E-state index contributed by atoms with van der Waals surface area (Å²) in [6, 6.07) is 5.32. The minimum atomic E-state index is -0.341. The van der Waals surface area contributed by atoms with Crippen LogP contribution in [-0.2, 0) is 4.74 Å². The molecular formula is C25H34ClFN6O. The van der Waals surface area contributed by atoms with Crippen molar-refractivity contribution in [2.24, 2.45) is 15.4 Å². The molecule has 2 N–H and O–H groups in total. The third-order valence-electron chi connectivity index (χ3n) is 7.13. The Balaban J connectivity index is 1.36. The molecule has 2 heterocycles. The second kappa shape index (κ2) is 11.1. The van der Waals surface area contributed by atoms with Gasteiger partial charge < -0.3 is 15.4 Å². The zero-order chi connectivity index (χ0) is 24.1. The van der Waals surface area contributed by atoms with E-state index in [0.29, 0.717) is 66.5 Å². The summed E-state index contributed by atoms with van der Waals surface area (Å²) >= 11 is 6.29. The van der Waals surface area contributed by atoms with Crippen LogP contribution in [0.4, 0.5) is 10.2 Å². The summed E-state index contributed by atoms with van der Waals surface area (Å²) in [5.74, 6) is 0.212. The number of anilines is 1. The fourth-order valence-corrected chi connectivity index (χ4v) is 5.07. The van der Waals surface area contributed by atoms with Gasteiger partial charge in [-0.3, -0.25) is 9.98 Å². The number of nitriles is 1. The minimum absolute atomic E-state index is 0.149. The van der Waals surface area contributed by atoms with Crippen LogP contribution in [-0.4, -0.2) is 60.8 Å². The maximum absolute atomic E-state index is 14.8. The molecule has 4 rings (SSSR count). The quantitative estimate of drug-likeness (QED) is 0.536. The van der Waals surface area contributed by atoms with Crippen molar-refractivity contribution in [2.45, 2.75) is 75.9 Å². The highest BCUT2D eigenvalue weighted by Crippen LogP contribution is 2.45. The number of ether oxygens (including phenoxy) is 1. The van der Waals surface area contributed by atoms with Gasteiger partial charge in [0.15, 0.2) is 0 Å². The van der Waals surface area contributed by atoms with E-state index in [1.54, 1.807) is 7.11 Å². The second-order valence-corrected chi connectivity index (χ2v) is 10.4. The molecule has 3 aliphatic rings. The largest absolute Gasteiger partial charge is 0.383 e. The number of hydrogen-bond acceptors (Lipinski definition) is 7. The highest BCUT2D eigenvalue weighted by molar-refractivity contribution is 6.84. The average molecular weight is 489 g/mol. The molecule has 2 atom stereocenters. The molecule has 34 heavy (non-hydrogen) atoms. The highest BCUT2D eigenvalue weighted by Gasteiger charge is 2.43. The van der Waals surface area contributed by atoms with Crippen molar-refractivity contribution in [3.05, 3.63) is 23.6 Å². The summed E-state index contributed by atoms with van der Waals surface area (Å²) in [6.07, 6.45) is 7.79. The van der Waals surface area contributed by atoms with Crippen LogP contribution in [0.5, 0.6) is 0 Å². The summed E-state index contributed by atoms with van der Waals surface area (Å²) < 4.78 is 20.0. The fraction of sp³-hybridized carbons (Fsp3) is 0.680. The minimum Gasteiger partial charge on any atom is -0.383 e. The third kappa shape index (κ3) is 6.32. The van der Waals surface area contributed by atoms with E-state index >= 15 is 0 Å². The molecular weight excluding hydrogens is 455 g/mol. The molecule has 0 aromatic carbocycles. The summed E-state index contributed by atoms with van der Waals surface area (Å²) in [5.41, 5.74) is 0.911. The van der Waals surface area contributed by atoms with Gasteiger partial charge in [0, 0.05) is 44.1 Å². The van der Waals surface area contributed by atoms with E-state index in [-0.39, 0.29) is 17.2 Å². The van der Waals surface area contributed by atoms with E-state index in [4.69, 9.17) is 16.3 Å². The number of nitrogens with zero attached hydrogens (tertiary/aromatic N) is 4.